The SMILES string of the molecule is COc1ccc(C2(N)CCC2)cc1C(C)C. The summed E-state index contributed by atoms with van der Waals surface area (Å²) in [7, 11) is 1.72. The highest BCUT2D eigenvalue weighted by atomic mass is 16.5. The fourth-order valence-electron chi connectivity index (χ4n) is 2.34. The van der Waals surface area contributed by atoms with E-state index in [-0.39, 0.29) is 5.54 Å². The van der Waals surface area contributed by atoms with Gasteiger partial charge in [-0.25, -0.2) is 0 Å². The molecule has 0 atom stereocenters. The van der Waals surface area contributed by atoms with Crippen molar-refractivity contribution >= 4 is 0 Å². The molecule has 2 N–H and O–H groups in total. The quantitative estimate of drug-likeness (QED) is 0.847. The van der Waals surface area contributed by atoms with Crippen molar-refractivity contribution in [3.63, 3.8) is 0 Å². The van der Waals surface area contributed by atoms with Crippen molar-refractivity contribution in [1.29, 1.82) is 0 Å². The van der Waals surface area contributed by atoms with Gasteiger partial charge in [0.15, 0.2) is 0 Å². The zero-order chi connectivity index (χ0) is 11.8. The third-order valence-corrected chi connectivity index (χ3v) is 3.67. The number of nitrogens with two attached hydrogens (primary N) is 1. The average Bonchev–Trinajstić information content (AvgIpc) is 2.25. The molecule has 0 saturated heterocycles. The summed E-state index contributed by atoms with van der Waals surface area (Å²) in [6, 6.07) is 6.39. The number of hydrogen-bond donors (Lipinski definition) is 1. The molecule has 1 saturated carbocycles. The van der Waals surface area contributed by atoms with Gasteiger partial charge in [-0.15, -0.1) is 0 Å². The summed E-state index contributed by atoms with van der Waals surface area (Å²) in [5, 5.41) is 0. The molecule has 2 nitrogen and oxygen atoms in total. The van der Waals surface area contributed by atoms with Gasteiger partial charge in [-0.2, -0.15) is 0 Å². The molecule has 2 rings (SSSR count). The van der Waals surface area contributed by atoms with E-state index in [0.29, 0.717) is 5.92 Å². The maximum Gasteiger partial charge on any atom is 0.122 e. The Hall–Kier alpha value is -1.02. The molecular weight excluding hydrogens is 198 g/mol. The summed E-state index contributed by atoms with van der Waals surface area (Å²) >= 11 is 0. The van der Waals surface area contributed by atoms with E-state index in [2.05, 4.69) is 32.0 Å². The van der Waals surface area contributed by atoms with E-state index >= 15 is 0 Å². The van der Waals surface area contributed by atoms with Gasteiger partial charge in [0.1, 0.15) is 5.75 Å². The highest BCUT2D eigenvalue weighted by Crippen LogP contribution is 2.40. The Morgan fingerprint density at radius 2 is 2.00 bits per heavy atom. The van der Waals surface area contributed by atoms with E-state index < -0.39 is 0 Å². The van der Waals surface area contributed by atoms with Crippen LogP contribution in [0.4, 0.5) is 0 Å². The first kappa shape index (κ1) is 11.5. The normalized spacial score (nSPS) is 18.3. The minimum absolute atomic E-state index is 0.0735. The van der Waals surface area contributed by atoms with Crippen molar-refractivity contribution in [1.82, 2.24) is 0 Å². The molecule has 1 aromatic rings. The average molecular weight is 219 g/mol. The second-order valence-corrected chi connectivity index (χ2v) is 5.12. The van der Waals surface area contributed by atoms with Crippen molar-refractivity contribution < 1.29 is 4.74 Å². The minimum Gasteiger partial charge on any atom is -0.496 e. The molecule has 1 aromatic carbocycles. The first-order valence-electron chi connectivity index (χ1n) is 6.04. The van der Waals surface area contributed by atoms with Crippen molar-refractivity contribution in [2.45, 2.75) is 44.6 Å². The summed E-state index contributed by atoms with van der Waals surface area (Å²) in [6.45, 7) is 4.37. The molecule has 1 fully saturated rings. The molecule has 0 radical (unpaired) electrons. The molecular formula is C14H21NO. The van der Waals surface area contributed by atoms with Crippen LogP contribution in [0, 0.1) is 0 Å². The van der Waals surface area contributed by atoms with Gasteiger partial charge < -0.3 is 10.5 Å². The molecule has 2 heteroatoms. The second-order valence-electron chi connectivity index (χ2n) is 5.12. The Morgan fingerprint density at radius 1 is 1.31 bits per heavy atom. The zero-order valence-electron chi connectivity index (χ0n) is 10.4. The molecule has 1 aliphatic rings. The maximum absolute atomic E-state index is 6.34. The van der Waals surface area contributed by atoms with Crippen LogP contribution in [-0.2, 0) is 5.54 Å². The van der Waals surface area contributed by atoms with Crippen LogP contribution in [-0.4, -0.2) is 7.11 Å². The Bertz CT molecular complexity index is 380. The van der Waals surface area contributed by atoms with Gasteiger partial charge in [-0.3, -0.25) is 0 Å². The monoisotopic (exact) mass is 219 g/mol. The minimum atomic E-state index is -0.0735. The highest BCUT2D eigenvalue weighted by molar-refractivity contribution is 5.42. The van der Waals surface area contributed by atoms with Crippen LogP contribution >= 0.6 is 0 Å². The smallest absolute Gasteiger partial charge is 0.122 e. The van der Waals surface area contributed by atoms with Crippen LogP contribution in [0.5, 0.6) is 5.75 Å². The van der Waals surface area contributed by atoms with E-state index in [4.69, 9.17) is 10.5 Å². The second kappa shape index (κ2) is 4.10. The van der Waals surface area contributed by atoms with Gasteiger partial charge in [0.05, 0.1) is 7.11 Å². The zero-order valence-corrected chi connectivity index (χ0v) is 10.4. The number of methoxy groups -OCH3 is 1. The summed E-state index contributed by atoms with van der Waals surface area (Å²) in [5.74, 6) is 1.44. The van der Waals surface area contributed by atoms with Crippen molar-refractivity contribution in [2.24, 2.45) is 5.73 Å². The molecule has 16 heavy (non-hydrogen) atoms. The Labute approximate surface area is 97.8 Å². The van der Waals surface area contributed by atoms with E-state index in [1.54, 1.807) is 7.11 Å². The molecule has 0 amide bonds. The van der Waals surface area contributed by atoms with Gasteiger partial charge >= 0.3 is 0 Å². The lowest BCUT2D eigenvalue weighted by molar-refractivity contribution is 0.253. The third kappa shape index (κ3) is 1.82. The predicted molar refractivity (Wildman–Crippen MR) is 66.8 cm³/mol. The molecule has 1 aliphatic carbocycles. The summed E-state index contributed by atoms with van der Waals surface area (Å²) in [5.41, 5.74) is 8.80. The van der Waals surface area contributed by atoms with Crippen LogP contribution in [0.3, 0.4) is 0 Å². The van der Waals surface area contributed by atoms with E-state index in [0.717, 1.165) is 18.6 Å². The van der Waals surface area contributed by atoms with Crippen LogP contribution in [0.15, 0.2) is 18.2 Å². The van der Waals surface area contributed by atoms with Gasteiger partial charge in [-0.1, -0.05) is 26.0 Å². The number of benzene rings is 1. The Morgan fingerprint density at radius 3 is 2.44 bits per heavy atom. The summed E-state index contributed by atoms with van der Waals surface area (Å²) in [6.07, 6.45) is 3.47. The van der Waals surface area contributed by atoms with Gasteiger partial charge in [0.2, 0.25) is 0 Å². The molecule has 0 aromatic heterocycles. The first-order valence-corrected chi connectivity index (χ1v) is 6.04. The number of ether oxygens (including phenoxy) is 1. The number of hydrogen-bond acceptors (Lipinski definition) is 2. The van der Waals surface area contributed by atoms with E-state index in [1.165, 1.54) is 17.5 Å². The fourth-order valence-corrected chi connectivity index (χ4v) is 2.34. The molecule has 0 spiro atoms. The third-order valence-electron chi connectivity index (χ3n) is 3.67. The van der Waals surface area contributed by atoms with Gasteiger partial charge in [-0.05, 0) is 42.4 Å². The standard InChI is InChI=1S/C14H21NO/c1-10(2)12-9-11(5-6-13(12)16-3)14(15)7-4-8-14/h5-6,9-10H,4,7-8,15H2,1-3H3. The maximum atomic E-state index is 6.34. The molecule has 0 bridgehead atoms. The highest BCUT2D eigenvalue weighted by Gasteiger charge is 2.34. The molecule has 88 valence electrons. The first-order chi connectivity index (χ1) is 7.57. The summed E-state index contributed by atoms with van der Waals surface area (Å²) < 4.78 is 5.39. The van der Waals surface area contributed by atoms with Crippen molar-refractivity contribution in [2.75, 3.05) is 7.11 Å². The summed E-state index contributed by atoms with van der Waals surface area (Å²) in [4.78, 5) is 0. The van der Waals surface area contributed by atoms with E-state index in [9.17, 15) is 0 Å². The van der Waals surface area contributed by atoms with Crippen LogP contribution in [0.1, 0.15) is 50.2 Å². The van der Waals surface area contributed by atoms with Crippen LogP contribution in [0.2, 0.25) is 0 Å². The Kier molecular flexibility index (Phi) is 2.94. The predicted octanol–water partition coefficient (Wildman–Crippen LogP) is 3.16. The van der Waals surface area contributed by atoms with Crippen molar-refractivity contribution in [3.8, 4) is 5.75 Å². The van der Waals surface area contributed by atoms with Crippen LogP contribution < -0.4 is 10.5 Å². The number of rotatable bonds is 3. The van der Waals surface area contributed by atoms with E-state index in [1.807, 2.05) is 0 Å². The lowest BCUT2D eigenvalue weighted by atomic mass is 9.72. The van der Waals surface area contributed by atoms with Gasteiger partial charge in [0.25, 0.3) is 0 Å². The lowest BCUT2D eigenvalue weighted by Crippen LogP contribution is -2.43. The Balaban J connectivity index is 2.38. The molecule has 0 heterocycles. The van der Waals surface area contributed by atoms with Crippen molar-refractivity contribution in [3.05, 3.63) is 29.3 Å². The van der Waals surface area contributed by atoms with Crippen LogP contribution in [0.25, 0.3) is 0 Å². The van der Waals surface area contributed by atoms with Gasteiger partial charge in [0, 0.05) is 5.54 Å². The fraction of sp³-hybridized carbons (Fsp3) is 0.571. The largest absolute Gasteiger partial charge is 0.496 e. The molecule has 0 aliphatic heterocycles. The lowest BCUT2D eigenvalue weighted by Gasteiger charge is -2.39. The molecule has 0 unspecified atom stereocenters. The topological polar surface area (TPSA) is 35.2 Å².